The minimum atomic E-state index is -0.993. The Morgan fingerprint density at radius 1 is 1.39 bits per heavy atom. The van der Waals surface area contributed by atoms with Gasteiger partial charge in [-0.05, 0) is 11.5 Å². The van der Waals surface area contributed by atoms with Crippen molar-refractivity contribution in [3.63, 3.8) is 0 Å². The Bertz CT molecular complexity index is 610. The van der Waals surface area contributed by atoms with Gasteiger partial charge >= 0.3 is 5.97 Å². The summed E-state index contributed by atoms with van der Waals surface area (Å²) in [5.41, 5.74) is 0.0939. The van der Waals surface area contributed by atoms with E-state index in [1.165, 1.54) is 0 Å². The molecule has 18 heavy (non-hydrogen) atoms. The van der Waals surface area contributed by atoms with Crippen molar-refractivity contribution in [3.05, 3.63) is 36.0 Å². The minimum absolute atomic E-state index is 0.0939. The molecule has 2 heterocycles. The highest BCUT2D eigenvalue weighted by atomic mass is 32.2. The number of rotatable bonds is 3. The molecule has 1 saturated heterocycles. The zero-order valence-corrected chi connectivity index (χ0v) is 10.3. The van der Waals surface area contributed by atoms with E-state index in [0.29, 0.717) is 18.5 Å². The van der Waals surface area contributed by atoms with E-state index in [1.807, 2.05) is 24.3 Å². The molecule has 0 aliphatic carbocycles. The molecule has 0 unspecified atom stereocenters. The van der Waals surface area contributed by atoms with E-state index in [-0.39, 0.29) is 5.69 Å². The summed E-state index contributed by atoms with van der Waals surface area (Å²) in [6, 6.07) is 9.32. The third-order valence-electron chi connectivity index (χ3n) is 2.81. The lowest BCUT2D eigenvalue weighted by atomic mass is 10.1. The van der Waals surface area contributed by atoms with Crippen LogP contribution >= 0.6 is 11.8 Å². The second-order valence-corrected chi connectivity index (χ2v) is 5.41. The number of aromatic carboxylic acids is 1. The Morgan fingerprint density at radius 2 is 2.17 bits per heavy atom. The van der Waals surface area contributed by atoms with Crippen LogP contribution in [0.3, 0.4) is 0 Å². The molecule has 5 heteroatoms. The van der Waals surface area contributed by atoms with Crippen molar-refractivity contribution in [2.75, 3.05) is 13.2 Å². The summed E-state index contributed by atoms with van der Waals surface area (Å²) in [6.45, 7) is 1.41. The zero-order valence-electron chi connectivity index (χ0n) is 9.50. The van der Waals surface area contributed by atoms with Gasteiger partial charge in [0.25, 0.3) is 0 Å². The standard InChI is InChI=1S/C13H11NO3S/c15-13(16)11-5-8-3-1-2-4-10(8)12(14-11)18-9-6-17-7-9/h1-5,9H,6-7H2,(H,15,16). The number of hydrogen-bond acceptors (Lipinski definition) is 4. The van der Waals surface area contributed by atoms with Crippen molar-refractivity contribution in [3.8, 4) is 0 Å². The van der Waals surface area contributed by atoms with Crippen molar-refractivity contribution in [1.29, 1.82) is 0 Å². The molecule has 92 valence electrons. The molecule has 0 saturated carbocycles. The van der Waals surface area contributed by atoms with Crippen LogP contribution < -0.4 is 0 Å². The van der Waals surface area contributed by atoms with Gasteiger partial charge in [-0.2, -0.15) is 0 Å². The fourth-order valence-electron chi connectivity index (χ4n) is 1.81. The maximum Gasteiger partial charge on any atom is 0.354 e. The SMILES string of the molecule is O=C(O)c1cc2ccccc2c(SC2COC2)n1. The lowest BCUT2D eigenvalue weighted by Crippen LogP contribution is -2.30. The van der Waals surface area contributed by atoms with Crippen LogP contribution in [0.15, 0.2) is 35.4 Å². The topological polar surface area (TPSA) is 59.4 Å². The average Bonchev–Trinajstić information content (AvgIpc) is 2.33. The summed E-state index contributed by atoms with van der Waals surface area (Å²) in [7, 11) is 0. The average molecular weight is 261 g/mol. The van der Waals surface area contributed by atoms with E-state index in [2.05, 4.69) is 4.98 Å². The van der Waals surface area contributed by atoms with Gasteiger partial charge in [-0.1, -0.05) is 36.0 Å². The fraction of sp³-hybridized carbons (Fsp3) is 0.231. The van der Waals surface area contributed by atoms with Crippen LogP contribution in [0, 0.1) is 0 Å². The van der Waals surface area contributed by atoms with Crippen LogP contribution in [0.25, 0.3) is 10.8 Å². The van der Waals surface area contributed by atoms with Crippen molar-refractivity contribution in [1.82, 2.24) is 4.98 Å². The minimum Gasteiger partial charge on any atom is -0.477 e. The van der Waals surface area contributed by atoms with Crippen molar-refractivity contribution < 1.29 is 14.6 Å². The summed E-state index contributed by atoms with van der Waals surface area (Å²) < 4.78 is 5.13. The first kappa shape index (κ1) is 11.5. The Hall–Kier alpha value is -1.59. The second-order valence-electron chi connectivity index (χ2n) is 4.12. The van der Waals surface area contributed by atoms with Crippen LogP contribution in [0.4, 0.5) is 0 Å². The smallest absolute Gasteiger partial charge is 0.354 e. The molecule has 1 aliphatic heterocycles. The lowest BCUT2D eigenvalue weighted by Gasteiger charge is -2.25. The maximum absolute atomic E-state index is 11.1. The molecule has 0 bridgehead atoms. The van der Waals surface area contributed by atoms with E-state index in [0.717, 1.165) is 15.8 Å². The zero-order chi connectivity index (χ0) is 12.5. The Kier molecular flexibility index (Phi) is 2.93. The third kappa shape index (κ3) is 2.07. The number of carboxylic acids is 1. The summed E-state index contributed by atoms with van der Waals surface area (Å²) >= 11 is 1.59. The molecule has 0 amide bonds. The first-order chi connectivity index (χ1) is 8.74. The second kappa shape index (κ2) is 4.59. The maximum atomic E-state index is 11.1. The van der Waals surface area contributed by atoms with Crippen LogP contribution in [0.2, 0.25) is 0 Å². The van der Waals surface area contributed by atoms with Crippen LogP contribution in [-0.2, 0) is 4.74 Å². The number of benzene rings is 1. The molecule has 0 radical (unpaired) electrons. The fourth-order valence-corrected chi connectivity index (χ4v) is 2.91. The van der Waals surface area contributed by atoms with Gasteiger partial charge in [0, 0.05) is 5.39 Å². The summed E-state index contributed by atoms with van der Waals surface area (Å²) in [5.74, 6) is -0.993. The number of ether oxygens (including phenoxy) is 1. The number of carboxylic acid groups (broad SMARTS) is 1. The molecule has 1 aromatic heterocycles. The van der Waals surface area contributed by atoms with Crippen molar-refractivity contribution in [2.45, 2.75) is 10.3 Å². The molecule has 3 rings (SSSR count). The van der Waals surface area contributed by atoms with Gasteiger partial charge in [-0.25, -0.2) is 9.78 Å². The molecule has 1 aromatic carbocycles. The van der Waals surface area contributed by atoms with Gasteiger partial charge in [0.05, 0.1) is 18.5 Å². The first-order valence-corrected chi connectivity index (χ1v) is 6.49. The molecule has 1 N–H and O–H groups in total. The summed E-state index contributed by atoms with van der Waals surface area (Å²) in [5, 5.41) is 12.1. The van der Waals surface area contributed by atoms with Gasteiger partial charge in [-0.3, -0.25) is 0 Å². The summed E-state index contributed by atoms with van der Waals surface area (Å²) in [4.78, 5) is 15.3. The number of hydrogen-bond donors (Lipinski definition) is 1. The Labute approximate surface area is 108 Å². The third-order valence-corrected chi connectivity index (χ3v) is 3.95. The first-order valence-electron chi connectivity index (χ1n) is 5.61. The predicted octanol–water partition coefficient (Wildman–Crippen LogP) is 2.42. The van der Waals surface area contributed by atoms with Crippen LogP contribution in [0.5, 0.6) is 0 Å². The molecule has 0 spiro atoms. The number of thioether (sulfide) groups is 1. The van der Waals surface area contributed by atoms with Crippen molar-refractivity contribution in [2.24, 2.45) is 0 Å². The highest BCUT2D eigenvalue weighted by Gasteiger charge is 2.22. The van der Waals surface area contributed by atoms with Gasteiger partial charge in [0.2, 0.25) is 0 Å². The van der Waals surface area contributed by atoms with Gasteiger partial charge in [0.1, 0.15) is 10.7 Å². The quantitative estimate of drug-likeness (QED) is 0.919. The van der Waals surface area contributed by atoms with E-state index in [9.17, 15) is 4.79 Å². The monoisotopic (exact) mass is 261 g/mol. The number of pyridine rings is 1. The van der Waals surface area contributed by atoms with E-state index in [4.69, 9.17) is 9.84 Å². The van der Waals surface area contributed by atoms with E-state index >= 15 is 0 Å². The molecule has 4 nitrogen and oxygen atoms in total. The molecule has 0 atom stereocenters. The molecule has 2 aromatic rings. The number of aromatic nitrogens is 1. The van der Waals surface area contributed by atoms with E-state index < -0.39 is 5.97 Å². The van der Waals surface area contributed by atoms with Gasteiger partial charge in [0.15, 0.2) is 0 Å². The largest absolute Gasteiger partial charge is 0.477 e. The van der Waals surface area contributed by atoms with Gasteiger partial charge in [-0.15, -0.1) is 0 Å². The summed E-state index contributed by atoms with van der Waals surface area (Å²) in [6.07, 6.45) is 0. The molecular weight excluding hydrogens is 250 g/mol. The lowest BCUT2D eigenvalue weighted by molar-refractivity contribution is 0.0455. The molecule has 1 fully saturated rings. The number of fused-ring (bicyclic) bond motifs is 1. The van der Waals surface area contributed by atoms with Crippen molar-refractivity contribution >= 4 is 28.5 Å². The normalized spacial score (nSPS) is 15.6. The van der Waals surface area contributed by atoms with Crippen LogP contribution in [0.1, 0.15) is 10.5 Å². The van der Waals surface area contributed by atoms with E-state index in [1.54, 1.807) is 17.8 Å². The van der Waals surface area contributed by atoms with Crippen LogP contribution in [-0.4, -0.2) is 34.5 Å². The number of nitrogens with zero attached hydrogens (tertiary/aromatic N) is 1. The Balaban J connectivity index is 2.10. The molecule has 1 aliphatic rings. The predicted molar refractivity (Wildman–Crippen MR) is 69.2 cm³/mol. The molecular formula is C13H11NO3S. The number of carbonyl (C=O) groups is 1. The Morgan fingerprint density at radius 3 is 2.83 bits per heavy atom. The van der Waals surface area contributed by atoms with Gasteiger partial charge < -0.3 is 9.84 Å². The highest BCUT2D eigenvalue weighted by molar-refractivity contribution is 8.00. The highest BCUT2D eigenvalue weighted by Crippen LogP contribution is 2.32.